The van der Waals surface area contributed by atoms with Gasteiger partial charge in [0.1, 0.15) is 11.5 Å². The van der Waals surface area contributed by atoms with Gasteiger partial charge in [0.25, 0.3) is 5.91 Å². The van der Waals surface area contributed by atoms with E-state index in [1.165, 1.54) is 12.4 Å². The quantitative estimate of drug-likeness (QED) is 0.737. The molecule has 0 saturated heterocycles. The van der Waals surface area contributed by atoms with Crippen molar-refractivity contribution in [3.8, 4) is 0 Å². The Morgan fingerprint density at radius 2 is 2.05 bits per heavy atom. The Balaban J connectivity index is 1.95. The summed E-state index contributed by atoms with van der Waals surface area (Å²) in [6.07, 6.45) is 4.46. The van der Waals surface area contributed by atoms with E-state index in [1.54, 1.807) is 6.20 Å². The first-order chi connectivity index (χ1) is 9.74. The number of hydrogen-bond acceptors (Lipinski definition) is 5. The highest BCUT2D eigenvalue weighted by atomic mass is 16.1. The Morgan fingerprint density at radius 1 is 1.15 bits per heavy atom. The van der Waals surface area contributed by atoms with Crippen molar-refractivity contribution in [2.24, 2.45) is 0 Å². The van der Waals surface area contributed by atoms with Crippen molar-refractivity contribution >= 4 is 28.3 Å². The number of carbonyl (C=O) groups is 1. The predicted octanol–water partition coefficient (Wildman–Crippen LogP) is 1.86. The first kappa shape index (κ1) is 12.0. The number of amides is 1. The first-order valence-electron chi connectivity index (χ1n) is 5.96. The molecule has 1 aromatic carbocycles. The average molecular weight is 265 g/mol. The molecule has 0 saturated carbocycles. The summed E-state index contributed by atoms with van der Waals surface area (Å²) >= 11 is 0. The van der Waals surface area contributed by atoms with Crippen LogP contribution in [0, 0.1) is 0 Å². The van der Waals surface area contributed by atoms with Crippen molar-refractivity contribution in [3.05, 3.63) is 54.6 Å². The van der Waals surface area contributed by atoms with Gasteiger partial charge in [0, 0.05) is 11.6 Å². The molecule has 3 aromatic rings. The van der Waals surface area contributed by atoms with E-state index in [4.69, 9.17) is 5.73 Å². The molecule has 0 aliphatic rings. The third-order valence-corrected chi connectivity index (χ3v) is 2.78. The molecule has 98 valence electrons. The lowest BCUT2D eigenvalue weighted by molar-refractivity contribution is 0.102. The predicted molar refractivity (Wildman–Crippen MR) is 76.1 cm³/mol. The number of fused-ring (bicyclic) bond motifs is 1. The van der Waals surface area contributed by atoms with E-state index >= 15 is 0 Å². The van der Waals surface area contributed by atoms with Crippen LogP contribution in [0.2, 0.25) is 0 Å². The molecule has 0 unspecified atom stereocenters. The smallest absolute Gasteiger partial charge is 0.275 e. The minimum Gasteiger partial charge on any atom is -0.382 e. The summed E-state index contributed by atoms with van der Waals surface area (Å²) in [7, 11) is 0. The first-order valence-corrected chi connectivity index (χ1v) is 5.96. The molecule has 6 nitrogen and oxygen atoms in total. The van der Waals surface area contributed by atoms with Gasteiger partial charge in [-0.1, -0.05) is 6.07 Å². The summed E-state index contributed by atoms with van der Waals surface area (Å²) in [5.41, 5.74) is 7.17. The van der Waals surface area contributed by atoms with Gasteiger partial charge < -0.3 is 11.1 Å². The molecule has 0 bridgehead atoms. The van der Waals surface area contributed by atoms with Gasteiger partial charge in [-0.15, -0.1) is 0 Å². The molecule has 0 radical (unpaired) electrons. The number of rotatable bonds is 2. The van der Waals surface area contributed by atoms with E-state index < -0.39 is 0 Å². The van der Waals surface area contributed by atoms with Gasteiger partial charge in [0.2, 0.25) is 0 Å². The maximum Gasteiger partial charge on any atom is 0.275 e. The second-order valence-corrected chi connectivity index (χ2v) is 4.16. The molecule has 0 aliphatic carbocycles. The largest absolute Gasteiger partial charge is 0.382 e. The highest BCUT2D eigenvalue weighted by molar-refractivity contribution is 6.07. The van der Waals surface area contributed by atoms with Crippen LogP contribution in [0.25, 0.3) is 10.9 Å². The molecule has 2 heterocycles. The Kier molecular flexibility index (Phi) is 2.96. The summed E-state index contributed by atoms with van der Waals surface area (Å²) in [5, 5.41) is 3.65. The molecule has 0 atom stereocenters. The van der Waals surface area contributed by atoms with E-state index in [1.807, 2.05) is 30.3 Å². The van der Waals surface area contributed by atoms with E-state index in [0.29, 0.717) is 5.69 Å². The fourth-order valence-corrected chi connectivity index (χ4v) is 1.89. The van der Waals surface area contributed by atoms with Gasteiger partial charge in [0.05, 0.1) is 23.6 Å². The van der Waals surface area contributed by atoms with E-state index in [-0.39, 0.29) is 17.4 Å². The Hall–Kier alpha value is -3.02. The summed E-state index contributed by atoms with van der Waals surface area (Å²) in [6.45, 7) is 0. The minimum absolute atomic E-state index is 0.172. The molecular weight excluding hydrogens is 254 g/mol. The zero-order valence-electron chi connectivity index (χ0n) is 10.4. The van der Waals surface area contributed by atoms with Gasteiger partial charge in [-0.2, -0.15) is 0 Å². The van der Waals surface area contributed by atoms with Gasteiger partial charge in [-0.25, -0.2) is 4.98 Å². The van der Waals surface area contributed by atoms with Gasteiger partial charge in [-0.05, 0) is 24.3 Å². The number of nitrogens with zero attached hydrogens (tertiary/aromatic N) is 3. The van der Waals surface area contributed by atoms with Gasteiger partial charge >= 0.3 is 0 Å². The fraction of sp³-hybridized carbons (Fsp3) is 0. The van der Waals surface area contributed by atoms with Gasteiger partial charge in [0.15, 0.2) is 0 Å². The van der Waals surface area contributed by atoms with Crippen LogP contribution in [0.3, 0.4) is 0 Å². The second kappa shape index (κ2) is 4.93. The molecule has 20 heavy (non-hydrogen) atoms. The number of hydrogen-bond donors (Lipinski definition) is 2. The van der Waals surface area contributed by atoms with Crippen LogP contribution < -0.4 is 11.1 Å². The maximum absolute atomic E-state index is 12.1. The SMILES string of the molecule is Nc1cncc(C(=O)Nc2cccc3ncccc23)n1. The number of aromatic nitrogens is 3. The molecule has 3 N–H and O–H groups in total. The summed E-state index contributed by atoms with van der Waals surface area (Å²) in [6, 6.07) is 9.23. The second-order valence-electron chi connectivity index (χ2n) is 4.16. The third kappa shape index (κ3) is 2.26. The van der Waals surface area contributed by atoms with Crippen molar-refractivity contribution < 1.29 is 4.79 Å². The van der Waals surface area contributed by atoms with Crippen LogP contribution in [0.15, 0.2) is 48.9 Å². The monoisotopic (exact) mass is 265 g/mol. The summed E-state index contributed by atoms with van der Waals surface area (Å²) < 4.78 is 0. The normalized spacial score (nSPS) is 10.4. The highest BCUT2D eigenvalue weighted by Crippen LogP contribution is 2.21. The van der Waals surface area contributed by atoms with Crippen LogP contribution in [-0.4, -0.2) is 20.9 Å². The van der Waals surface area contributed by atoms with Crippen molar-refractivity contribution in [2.75, 3.05) is 11.1 Å². The van der Waals surface area contributed by atoms with E-state index in [9.17, 15) is 4.79 Å². The van der Waals surface area contributed by atoms with Gasteiger partial charge in [-0.3, -0.25) is 14.8 Å². The van der Waals surface area contributed by atoms with Crippen LogP contribution in [0.4, 0.5) is 11.5 Å². The highest BCUT2D eigenvalue weighted by Gasteiger charge is 2.10. The van der Waals surface area contributed by atoms with Crippen LogP contribution in [0.5, 0.6) is 0 Å². The number of benzene rings is 1. The molecule has 0 aliphatic heterocycles. The maximum atomic E-state index is 12.1. The molecule has 2 aromatic heterocycles. The molecular formula is C14H11N5O. The fourth-order valence-electron chi connectivity index (χ4n) is 1.89. The van der Waals surface area contributed by atoms with Crippen LogP contribution >= 0.6 is 0 Å². The molecule has 0 spiro atoms. The number of nitrogens with two attached hydrogens (primary N) is 1. The summed E-state index contributed by atoms with van der Waals surface area (Å²) in [4.78, 5) is 24.1. The van der Waals surface area contributed by atoms with E-state index in [2.05, 4.69) is 20.3 Å². The zero-order chi connectivity index (χ0) is 13.9. The van der Waals surface area contributed by atoms with Crippen molar-refractivity contribution in [3.63, 3.8) is 0 Å². The van der Waals surface area contributed by atoms with Crippen LogP contribution in [0.1, 0.15) is 10.5 Å². The average Bonchev–Trinajstić information content (AvgIpc) is 2.47. The Labute approximate surface area is 114 Å². The third-order valence-electron chi connectivity index (χ3n) is 2.78. The van der Waals surface area contributed by atoms with Crippen LogP contribution in [-0.2, 0) is 0 Å². The molecule has 0 fully saturated rings. The van der Waals surface area contributed by atoms with E-state index in [0.717, 1.165) is 10.9 Å². The lowest BCUT2D eigenvalue weighted by Crippen LogP contribution is -2.15. The molecule has 6 heteroatoms. The minimum atomic E-state index is -0.360. The molecule has 1 amide bonds. The number of nitrogens with one attached hydrogen (secondary N) is 1. The Morgan fingerprint density at radius 3 is 2.90 bits per heavy atom. The summed E-state index contributed by atoms with van der Waals surface area (Å²) in [5.74, 6) is -0.154. The zero-order valence-corrected chi connectivity index (χ0v) is 10.4. The Bertz CT molecular complexity index is 782. The number of pyridine rings is 1. The number of anilines is 2. The van der Waals surface area contributed by atoms with Crippen molar-refractivity contribution in [1.82, 2.24) is 15.0 Å². The number of carbonyl (C=O) groups excluding carboxylic acids is 1. The van der Waals surface area contributed by atoms with Crippen molar-refractivity contribution in [2.45, 2.75) is 0 Å². The number of nitrogen functional groups attached to an aromatic ring is 1. The standard InChI is InChI=1S/C14H11N5O/c15-13-8-16-7-12(18-13)14(20)19-11-5-1-4-10-9(11)3-2-6-17-10/h1-8H,(H2,15,18)(H,19,20). The lowest BCUT2D eigenvalue weighted by Gasteiger charge is -2.07. The van der Waals surface area contributed by atoms with Crippen molar-refractivity contribution in [1.29, 1.82) is 0 Å². The molecule has 3 rings (SSSR count). The lowest BCUT2D eigenvalue weighted by atomic mass is 10.2. The topological polar surface area (TPSA) is 93.8 Å².